The number of carbonyl (C=O) groups excluding carboxylic acids is 1. The summed E-state index contributed by atoms with van der Waals surface area (Å²) < 4.78 is 4.81. The molecule has 2 heterocycles. The largest absolute Gasteiger partial charge is 0.469 e. The summed E-state index contributed by atoms with van der Waals surface area (Å²) in [6.07, 6.45) is 5.21. The molecule has 2 rings (SSSR count). The number of hydrogen-bond acceptors (Lipinski definition) is 4. The number of hydrogen-bond donors (Lipinski definition) is 0. The Balaban J connectivity index is 1.96. The molecule has 106 valence electrons. The lowest BCUT2D eigenvalue weighted by molar-refractivity contribution is -0.142. The minimum absolute atomic E-state index is 0.0858. The number of rotatable bonds is 5. The van der Waals surface area contributed by atoms with Crippen LogP contribution in [0.25, 0.3) is 0 Å². The highest BCUT2D eigenvalue weighted by atomic mass is 32.1. The van der Waals surface area contributed by atoms with E-state index in [1.807, 2.05) is 11.3 Å². The molecule has 1 saturated heterocycles. The predicted molar refractivity (Wildman–Crippen MR) is 78.4 cm³/mol. The number of piperidine rings is 1. The molecule has 1 aromatic rings. The topological polar surface area (TPSA) is 29.5 Å². The van der Waals surface area contributed by atoms with Gasteiger partial charge in [0.25, 0.3) is 0 Å². The van der Waals surface area contributed by atoms with E-state index in [1.54, 1.807) is 0 Å². The molecule has 1 fully saturated rings. The lowest BCUT2D eigenvalue weighted by atomic mass is 9.99. The molecular formula is C15H23NO2S. The maximum absolute atomic E-state index is 11.5. The minimum atomic E-state index is -0.0858. The van der Waals surface area contributed by atoms with Crippen molar-refractivity contribution in [1.82, 2.24) is 4.90 Å². The molecule has 1 atom stereocenters. The van der Waals surface area contributed by atoms with Crippen LogP contribution in [0, 0.1) is 0 Å². The highest BCUT2D eigenvalue weighted by molar-refractivity contribution is 7.11. The fraction of sp³-hybridized carbons (Fsp3) is 0.667. The summed E-state index contributed by atoms with van der Waals surface area (Å²) >= 11 is 1.90. The smallest absolute Gasteiger partial charge is 0.307 e. The predicted octanol–water partition coefficient (Wildman–Crippen LogP) is 3.23. The van der Waals surface area contributed by atoms with Gasteiger partial charge in [-0.15, -0.1) is 11.3 Å². The highest BCUT2D eigenvalue weighted by Gasteiger charge is 2.25. The Labute approximate surface area is 119 Å². The molecule has 1 unspecified atom stereocenters. The molecule has 0 N–H and O–H groups in total. The number of esters is 1. The van der Waals surface area contributed by atoms with Gasteiger partial charge in [-0.2, -0.15) is 0 Å². The first-order chi connectivity index (χ1) is 9.22. The first-order valence-electron chi connectivity index (χ1n) is 7.11. The quantitative estimate of drug-likeness (QED) is 0.776. The Kier molecular flexibility index (Phi) is 5.40. The van der Waals surface area contributed by atoms with Crippen molar-refractivity contribution in [3.63, 3.8) is 0 Å². The van der Waals surface area contributed by atoms with Crippen LogP contribution in [0.5, 0.6) is 0 Å². The van der Waals surface area contributed by atoms with Gasteiger partial charge >= 0.3 is 5.97 Å². The normalized spacial score (nSPS) is 20.4. The Morgan fingerprint density at radius 3 is 2.89 bits per heavy atom. The summed E-state index contributed by atoms with van der Waals surface area (Å²) in [5, 5.41) is 0. The van der Waals surface area contributed by atoms with Crippen molar-refractivity contribution in [2.75, 3.05) is 13.7 Å². The van der Waals surface area contributed by atoms with Crippen LogP contribution in [-0.2, 0) is 22.5 Å². The van der Waals surface area contributed by atoms with Crippen LogP contribution in [0.3, 0.4) is 0 Å². The molecule has 0 aromatic carbocycles. The second kappa shape index (κ2) is 7.06. The highest BCUT2D eigenvalue weighted by Crippen LogP contribution is 2.25. The van der Waals surface area contributed by atoms with Crippen LogP contribution in [0.1, 0.15) is 42.4 Å². The van der Waals surface area contributed by atoms with Crippen LogP contribution >= 0.6 is 11.3 Å². The van der Waals surface area contributed by atoms with E-state index in [9.17, 15) is 4.79 Å². The molecule has 0 spiro atoms. The third-order valence-electron chi connectivity index (χ3n) is 3.80. The van der Waals surface area contributed by atoms with Crippen molar-refractivity contribution in [2.45, 2.75) is 51.6 Å². The zero-order valence-electron chi connectivity index (χ0n) is 11.9. The summed E-state index contributed by atoms with van der Waals surface area (Å²) in [6.45, 7) is 4.27. The molecule has 19 heavy (non-hydrogen) atoms. The van der Waals surface area contributed by atoms with Crippen molar-refractivity contribution >= 4 is 17.3 Å². The van der Waals surface area contributed by atoms with E-state index in [1.165, 1.54) is 29.7 Å². The molecular weight excluding hydrogens is 258 g/mol. The van der Waals surface area contributed by atoms with Gasteiger partial charge in [0, 0.05) is 22.3 Å². The van der Waals surface area contributed by atoms with Crippen LogP contribution in [-0.4, -0.2) is 30.6 Å². The van der Waals surface area contributed by atoms with E-state index in [4.69, 9.17) is 4.74 Å². The van der Waals surface area contributed by atoms with E-state index < -0.39 is 0 Å². The van der Waals surface area contributed by atoms with E-state index in [2.05, 4.69) is 24.0 Å². The summed E-state index contributed by atoms with van der Waals surface area (Å²) in [7, 11) is 1.47. The lowest BCUT2D eigenvalue weighted by Gasteiger charge is -2.34. The molecule has 4 heteroatoms. The summed E-state index contributed by atoms with van der Waals surface area (Å²) in [5.41, 5.74) is 0. The van der Waals surface area contributed by atoms with Crippen LogP contribution in [0.2, 0.25) is 0 Å². The van der Waals surface area contributed by atoms with Crippen LogP contribution in [0.15, 0.2) is 12.1 Å². The molecule has 1 aliphatic rings. The zero-order chi connectivity index (χ0) is 13.7. The number of aryl methyl sites for hydroxylation is 1. The van der Waals surface area contributed by atoms with E-state index in [-0.39, 0.29) is 5.97 Å². The first kappa shape index (κ1) is 14.5. The van der Waals surface area contributed by atoms with E-state index in [0.717, 1.165) is 25.9 Å². The van der Waals surface area contributed by atoms with Crippen molar-refractivity contribution in [3.05, 3.63) is 21.9 Å². The molecule has 1 aliphatic heterocycles. The molecule has 0 radical (unpaired) electrons. The molecule has 0 aliphatic carbocycles. The Hall–Kier alpha value is -0.870. The van der Waals surface area contributed by atoms with Crippen molar-refractivity contribution < 1.29 is 9.53 Å². The number of nitrogens with zero attached hydrogens (tertiary/aromatic N) is 1. The monoisotopic (exact) mass is 281 g/mol. The summed E-state index contributed by atoms with van der Waals surface area (Å²) in [6, 6.07) is 4.81. The standard InChI is InChI=1S/C15H23NO2S/c1-3-13-7-8-14(19-13)11-16-9-5-4-6-12(16)10-15(17)18-2/h7-8,12H,3-6,9-11H2,1-2H3. The van der Waals surface area contributed by atoms with Gasteiger partial charge in [-0.3, -0.25) is 9.69 Å². The zero-order valence-corrected chi connectivity index (χ0v) is 12.7. The second-order valence-electron chi connectivity index (χ2n) is 5.12. The van der Waals surface area contributed by atoms with Gasteiger partial charge < -0.3 is 4.74 Å². The SMILES string of the molecule is CCc1ccc(CN2CCCCC2CC(=O)OC)s1. The third-order valence-corrected chi connectivity index (χ3v) is 5.02. The number of methoxy groups -OCH3 is 1. The van der Waals surface area contributed by atoms with Gasteiger partial charge in [-0.05, 0) is 37.9 Å². The van der Waals surface area contributed by atoms with E-state index >= 15 is 0 Å². The minimum Gasteiger partial charge on any atom is -0.469 e. The number of thiophene rings is 1. The third kappa shape index (κ3) is 4.05. The lowest BCUT2D eigenvalue weighted by Crippen LogP contribution is -2.40. The Morgan fingerprint density at radius 1 is 1.42 bits per heavy atom. The van der Waals surface area contributed by atoms with Crippen LogP contribution in [0.4, 0.5) is 0 Å². The maximum atomic E-state index is 11.5. The molecule has 0 amide bonds. The van der Waals surface area contributed by atoms with Crippen molar-refractivity contribution in [2.24, 2.45) is 0 Å². The number of ether oxygens (including phenoxy) is 1. The van der Waals surface area contributed by atoms with Gasteiger partial charge in [0.2, 0.25) is 0 Å². The van der Waals surface area contributed by atoms with Gasteiger partial charge in [-0.25, -0.2) is 0 Å². The first-order valence-corrected chi connectivity index (χ1v) is 7.93. The molecule has 0 bridgehead atoms. The molecule has 0 saturated carbocycles. The van der Waals surface area contributed by atoms with Crippen molar-refractivity contribution in [3.8, 4) is 0 Å². The fourth-order valence-corrected chi connectivity index (χ4v) is 3.66. The van der Waals surface area contributed by atoms with Crippen molar-refractivity contribution in [1.29, 1.82) is 0 Å². The average molecular weight is 281 g/mol. The molecule has 1 aromatic heterocycles. The van der Waals surface area contributed by atoms with Gasteiger partial charge in [0.05, 0.1) is 13.5 Å². The Morgan fingerprint density at radius 2 is 2.21 bits per heavy atom. The van der Waals surface area contributed by atoms with Crippen LogP contribution < -0.4 is 0 Å². The van der Waals surface area contributed by atoms with Gasteiger partial charge in [-0.1, -0.05) is 13.3 Å². The average Bonchev–Trinajstić information content (AvgIpc) is 2.88. The summed E-state index contributed by atoms with van der Waals surface area (Å²) in [4.78, 5) is 16.8. The fourth-order valence-electron chi connectivity index (χ4n) is 2.67. The summed E-state index contributed by atoms with van der Waals surface area (Å²) in [5.74, 6) is -0.0858. The number of likely N-dealkylation sites (tertiary alicyclic amines) is 1. The van der Waals surface area contributed by atoms with Gasteiger partial charge in [0.1, 0.15) is 0 Å². The van der Waals surface area contributed by atoms with Gasteiger partial charge in [0.15, 0.2) is 0 Å². The molecule has 3 nitrogen and oxygen atoms in total. The van der Waals surface area contributed by atoms with E-state index in [0.29, 0.717) is 12.5 Å². The Bertz CT molecular complexity index is 416. The number of carbonyl (C=O) groups is 1. The maximum Gasteiger partial charge on any atom is 0.307 e. The second-order valence-corrected chi connectivity index (χ2v) is 6.37.